The van der Waals surface area contributed by atoms with Gasteiger partial charge in [0.05, 0.1) is 24.7 Å². The van der Waals surface area contributed by atoms with Gasteiger partial charge in [-0.2, -0.15) is 10.2 Å². The van der Waals surface area contributed by atoms with Crippen LogP contribution in [0.15, 0.2) is 40.9 Å². The van der Waals surface area contributed by atoms with Gasteiger partial charge in [0.1, 0.15) is 11.8 Å². The smallest absolute Gasteiger partial charge is 0.307 e. The molecule has 37 heavy (non-hydrogen) atoms. The maximum atomic E-state index is 12.0. The first-order chi connectivity index (χ1) is 17.8. The average Bonchev–Trinajstić information content (AvgIpc) is 3.27. The zero-order valence-electron chi connectivity index (χ0n) is 22.0. The molecule has 0 saturated carbocycles. The average molecular weight is 503 g/mol. The zero-order valence-corrected chi connectivity index (χ0v) is 22.0. The fraction of sp³-hybridized carbons (Fsp3) is 0.448. The summed E-state index contributed by atoms with van der Waals surface area (Å²) in [5, 5.41) is 13.7. The molecule has 4 rings (SSSR count). The summed E-state index contributed by atoms with van der Waals surface area (Å²) in [4.78, 5) is 18.9. The maximum Gasteiger partial charge on any atom is 0.307 e. The van der Waals surface area contributed by atoms with Crippen molar-refractivity contribution in [2.24, 2.45) is 5.92 Å². The van der Waals surface area contributed by atoms with Crippen LogP contribution in [0.5, 0.6) is 5.75 Å². The minimum Gasteiger partial charge on any atom is -0.490 e. The molecule has 0 amide bonds. The van der Waals surface area contributed by atoms with Gasteiger partial charge in [-0.25, -0.2) is 0 Å². The fourth-order valence-corrected chi connectivity index (χ4v) is 4.30. The molecule has 1 aliphatic heterocycles. The van der Waals surface area contributed by atoms with Crippen LogP contribution >= 0.6 is 0 Å². The van der Waals surface area contributed by atoms with Crippen molar-refractivity contribution in [3.8, 4) is 34.7 Å². The number of fused-ring (bicyclic) bond motifs is 1. The van der Waals surface area contributed by atoms with Crippen molar-refractivity contribution in [2.45, 2.75) is 59.6 Å². The topological polar surface area (TPSA) is 101 Å². The van der Waals surface area contributed by atoms with E-state index in [9.17, 15) is 10.1 Å². The van der Waals surface area contributed by atoms with Crippen LogP contribution in [0.2, 0.25) is 0 Å². The van der Waals surface area contributed by atoms with E-state index in [1.54, 1.807) is 12.1 Å². The molecule has 2 heterocycles. The predicted molar refractivity (Wildman–Crippen MR) is 140 cm³/mol. The van der Waals surface area contributed by atoms with E-state index in [2.05, 4.69) is 33.2 Å². The second-order valence-electron chi connectivity index (χ2n) is 10.1. The minimum absolute atomic E-state index is 0.0283. The molecule has 3 aromatic rings. The van der Waals surface area contributed by atoms with Gasteiger partial charge in [-0.3, -0.25) is 9.69 Å². The molecule has 0 atom stereocenters. The van der Waals surface area contributed by atoms with E-state index in [4.69, 9.17) is 14.0 Å². The molecule has 0 spiro atoms. The number of hydrogen-bond acceptors (Lipinski definition) is 8. The van der Waals surface area contributed by atoms with E-state index in [0.29, 0.717) is 54.1 Å². The molecule has 2 aromatic carbocycles. The molecule has 0 bridgehead atoms. The summed E-state index contributed by atoms with van der Waals surface area (Å²) in [6, 6.07) is 13.7. The summed E-state index contributed by atoms with van der Waals surface area (Å²) < 4.78 is 16.6. The van der Waals surface area contributed by atoms with Gasteiger partial charge in [0, 0.05) is 24.2 Å². The Labute approximate surface area is 218 Å². The van der Waals surface area contributed by atoms with E-state index in [-0.39, 0.29) is 12.1 Å². The van der Waals surface area contributed by atoms with Crippen molar-refractivity contribution in [3.05, 3.63) is 53.1 Å². The number of carbonyl (C=O) groups is 1. The Morgan fingerprint density at radius 3 is 2.70 bits per heavy atom. The first kappa shape index (κ1) is 26.4. The van der Waals surface area contributed by atoms with Gasteiger partial charge < -0.3 is 14.0 Å². The highest BCUT2D eigenvalue weighted by Gasteiger charge is 2.19. The lowest BCUT2D eigenvalue weighted by Crippen LogP contribution is -2.27. The van der Waals surface area contributed by atoms with E-state index in [1.807, 2.05) is 39.8 Å². The van der Waals surface area contributed by atoms with Gasteiger partial charge in [0.25, 0.3) is 5.89 Å². The van der Waals surface area contributed by atoms with Crippen molar-refractivity contribution < 1.29 is 18.8 Å². The van der Waals surface area contributed by atoms with Crippen LogP contribution in [-0.4, -0.2) is 46.8 Å². The van der Waals surface area contributed by atoms with E-state index in [1.165, 1.54) is 11.1 Å². The summed E-state index contributed by atoms with van der Waals surface area (Å²) in [5.41, 5.74) is 4.49. The third-order valence-corrected chi connectivity index (χ3v) is 6.12. The number of hydrogen-bond donors (Lipinski definition) is 0. The van der Waals surface area contributed by atoms with Crippen molar-refractivity contribution >= 4 is 5.97 Å². The molecule has 0 aliphatic carbocycles. The van der Waals surface area contributed by atoms with Gasteiger partial charge >= 0.3 is 5.97 Å². The van der Waals surface area contributed by atoms with E-state index >= 15 is 0 Å². The summed E-state index contributed by atoms with van der Waals surface area (Å²) in [5.74, 6) is 1.61. The molecule has 0 N–H and O–H groups in total. The van der Waals surface area contributed by atoms with Crippen LogP contribution in [0, 0.1) is 17.2 Å². The van der Waals surface area contributed by atoms with Crippen molar-refractivity contribution in [3.63, 3.8) is 0 Å². The van der Waals surface area contributed by atoms with Crippen LogP contribution in [0.4, 0.5) is 0 Å². The molecule has 1 aliphatic rings. The highest BCUT2D eigenvalue weighted by molar-refractivity contribution is 5.69. The Bertz CT molecular complexity index is 1280. The fourth-order valence-electron chi connectivity index (χ4n) is 4.30. The Hall–Kier alpha value is -3.70. The van der Waals surface area contributed by atoms with Crippen LogP contribution in [0.25, 0.3) is 22.8 Å². The highest BCUT2D eigenvalue weighted by atomic mass is 16.5. The van der Waals surface area contributed by atoms with Gasteiger partial charge in [-0.05, 0) is 74.5 Å². The monoisotopic (exact) mass is 502 g/mol. The lowest BCUT2D eigenvalue weighted by Gasteiger charge is -2.20. The largest absolute Gasteiger partial charge is 0.490 e. The highest BCUT2D eigenvalue weighted by Crippen LogP contribution is 2.29. The lowest BCUT2D eigenvalue weighted by molar-refractivity contribution is -0.145. The zero-order chi connectivity index (χ0) is 26.4. The Morgan fingerprint density at radius 1 is 1.14 bits per heavy atom. The quantitative estimate of drug-likeness (QED) is 0.359. The third-order valence-electron chi connectivity index (χ3n) is 6.12. The third kappa shape index (κ3) is 6.95. The normalized spacial score (nSPS) is 13.8. The van der Waals surface area contributed by atoms with Crippen LogP contribution in [0.1, 0.15) is 57.2 Å². The van der Waals surface area contributed by atoms with Crippen LogP contribution in [-0.2, 0) is 22.5 Å². The van der Waals surface area contributed by atoms with Gasteiger partial charge in [-0.15, -0.1) is 0 Å². The molecule has 0 fully saturated rings. The molecule has 8 nitrogen and oxygen atoms in total. The van der Waals surface area contributed by atoms with Crippen LogP contribution in [0.3, 0.4) is 0 Å². The molecular weight excluding hydrogens is 468 g/mol. The molecule has 0 unspecified atom stereocenters. The second kappa shape index (κ2) is 12.0. The Balaban J connectivity index is 1.44. The van der Waals surface area contributed by atoms with Gasteiger partial charge in [0.2, 0.25) is 5.82 Å². The number of aryl methyl sites for hydroxylation is 1. The Kier molecular flexibility index (Phi) is 8.57. The summed E-state index contributed by atoms with van der Waals surface area (Å²) in [6.45, 7) is 10.8. The Morgan fingerprint density at radius 2 is 1.95 bits per heavy atom. The number of esters is 1. The number of ether oxygens (including phenoxy) is 2. The van der Waals surface area contributed by atoms with Crippen molar-refractivity contribution in [1.29, 1.82) is 5.26 Å². The minimum atomic E-state index is -0.134. The number of benzene rings is 2. The van der Waals surface area contributed by atoms with Gasteiger partial charge in [-0.1, -0.05) is 31.1 Å². The molecule has 1 aromatic heterocycles. The van der Waals surface area contributed by atoms with Crippen molar-refractivity contribution in [2.75, 3.05) is 19.7 Å². The second-order valence-corrected chi connectivity index (χ2v) is 10.1. The SMILES string of the molecule is CC(C)COC(=O)CCN1CCCc2cc(-c3noc(-c4ccc(OC(C)C)c(C#N)c4)n3)ccc2C1. The first-order valence-corrected chi connectivity index (χ1v) is 12.9. The predicted octanol–water partition coefficient (Wildman–Crippen LogP) is 5.40. The number of aromatic nitrogens is 2. The van der Waals surface area contributed by atoms with E-state index < -0.39 is 0 Å². The molecule has 194 valence electrons. The first-order valence-electron chi connectivity index (χ1n) is 12.9. The number of nitriles is 1. The van der Waals surface area contributed by atoms with Crippen molar-refractivity contribution in [1.82, 2.24) is 15.0 Å². The molecular formula is C29H34N4O4. The molecule has 0 radical (unpaired) electrons. The molecule has 0 saturated heterocycles. The van der Waals surface area contributed by atoms with E-state index in [0.717, 1.165) is 31.5 Å². The number of rotatable bonds is 9. The van der Waals surface area contributed by atoms with Gasteiger partial charge in [0.15, 0.2) is 0 Å². The number of carbonyl (C=O) groups excluding carboxylic acids is 1. The van der Waals surface area contributed by atoms with Crippen LogP contribution < -0.4 is 4.74 Å². The summed E-state index contributed by atoms with van der Waals surface area (Å²) in [6.07, 6.45) is 2.34. The standard InChI is InChI=1S/C29H34N4O4/c1-19(2)18-35-27(34)11-13-33-12-5-6-21-14-22(7-8-24(21)17-33)28-31-29(37-32-28)23-9-10-26(36-20(3)4)25(15-23)16-30/h7-10,14-15,19-20H,5-6,11-13,17-18H2,1-4H3. The summed E-state index contributed by atoms with van der Waals surface area (Å²) >= 11 is 0. The number of nitrogens with zero attached hydrogens (tertiary/aromatic N) is 4. The maximum absolute atomic E-state index is 12.0. The summed E-state index contributed by atoms with van der Waals surface area (Å²) in [7, 11) is 0. The molecule has 8 heteroatoms. The lowest BCUT2D eigenvalue weighted by atomic mass is 10.0.